The second-order valence-corrected chi connectivity index (χ2v) is 25.4. The van der Waals surface area contributed by atoms with E-state index in [-0.39, 0.29) is 71.7 Å². The summed E-state index contributed by atoms with van der Waals surface area (Å²) in [6.07, 6.45) is 13.1. The number of nitrogens with zero attached hydrogens (tertiary/aromatic N) is 12. The summed E-state index contributed by atoms with van der Waals surface area (Å²) in [7, 11) is 0. The van der Waals surface area contributed by atoms with Gasteiger partial charge in [0.15, 0.2) is 0 Å². The molecule has 2 radical (unpaired) electrons. The largest absolute Gasteiger partial charge is 1.00 e. The van der Waals surface area contributed by atoms with Gasteiger partial charge in [-0.05, 0) is 151 Å². The van der Waals surface area contributed by atoms with Crippen LogP contribution in [0.1, 0.15) is 126 Å². The van der Waals surface area contributed by atoms with Gasteiger partial charge in [0.1, 0.15) is 11.5 Å². The number of hydrogen-bond acceptors (Lipinski definition) is 17. The Morgan fingerprint density at radius 1 is 0.385 bits per heavy atom. The first kappa shape index (κ1) is 74.7. The molecule has 10 heterocycles. The maximum Gasteiger partial charge on any atom is 1.00 e. The molecule has 20 nitrogen and oxygen atoms in total. The van der Waals surface area contributed by atoms with Gasteiger partial charge in [0, 0.05) is 67.3 Å². The molecule has 10 aromatic heterocycles. The second kappa shape index (κ2) is 33.2. The van der Waals surface area contributed by atoms with Crippen molar-refractivity contribution in [2.45, 2.75) is 105 Å². The smallest absolute Gasteiger partial charge is 0.545 e. The van der Waals surface area contributed by atoms with Crippen LogP contribution in [0, 0.1) is 0 Å². The van der Waals surface area contributed by atoms with E-state index in [4.69, 9.17) is 5.11 Å². The Hall–Kier alpha value is -10.3. The number of carbonyl (C=O) groups excluding carboxylic acids is 3. The van der Waals surface area contributed by atoms with E-state index in [9.17, 15) is 24.3 Å². The average molecular weight is 1460 g/mol. The van der Waals surface area contributed by atoms with Gasteiger partial charge >= 0.3 is 44.9 Å². The van der Waals surface area contributed by atoms with Crippen LogP contribution in [0.25, 0.3) is 79.3 Å². The second-order valence-electron chi connectivity index (χ2n) is 25.4. The number of benzene rings is 2. The fourth-order valence-electron chi connectivity index (χ4n) is 8.92. The van der Waals surface area contributed by atoms with Crippen LogP contribution < -0.4 is 24.5 Å². The average Bonchev–Trinajstić information content (AvgIpc) is 1.37. The Morgan fingerprint density at radius 3 is 0.948 bits per heavy atom. The number of hydrogen-bond donors (Lipinski definition) is 1. The molecular formula is C74H71N12O8Ru2-. The summed E-state index contributed by atoms with van der Waals surface area (Å²) in [4.78, 5) is 93.8. The van der Waals surface area contributed by atoms with E-state index in [0.29, 0.717) is 58.9 Å². The topological polar surface area (TPSA) is 287 Å². The van der Waals surface area contributed by atoms with E-state index in [2.05, 4.69) is 201 Å². The van der Waals surface area contributed by atoms with Crippen molar-refractivity contribution in [2.75, 3.05) is 0 Å². The molecule has 0 atom stereocenters. The van der Waals surface area contributed by atoms with Gasteiger partial charge in [-0.1, -0.05) is 143 Å². The molecule has 0 saturated heterocycles. The zero-order valence-corrected chi connectivity index (χ0v) is 58.5. The maximum atomic E-state index is 10.8. The Balaban J connectivity index is 0.000000189. The van der Waals surface area contributed by atoms with Gasteiger partial charge in [0.25, 0.3) is 12.9 Å². The van der Waals surface area contributed by atoms with E-state index in [1.165, 1.54) is 95.6 Å². The maximum absolute atomic E-state index is 10.8. The number of carboxylic acid groups (broad SMARTS) is 2. The number of aromatic carboxylic acids is 2. The minimum atomic E-state index is -1.29. The fourth-order valence-corrected chi connectivity index (χ4v) is 8.92. The molecule has 492 valence electrons. The number of aromatic nitrogens is 12. The standard InChI is InChI=1S/2C18H24N2.C14H8N4.2C12H8N2O4.2Ru/c2*1-17(2,3)13-7-9-19-15(11-13)16-12-14(8-10-20-16)18(4,5)6;1-2-6-10-9(5-1)15-13(16-10)14-17-11-7-3-4-8-12(11)18-14;2*15-7-18-9-2-4-14-11(6-9)10-5-8(12(16)17)1-3-13-10;;/h2*7-12H,1-6H3;1-8H;2*1-7H,(H,16,17);;/q;;-2;;;2*+1/p-1. The molecule has 96 heavy (non-hydrogen) atoms. The summed E-state index contributed by atoms with van der Waals surface area (Å²) >= 11 is 0. The SMILES string of the molecule is CC(C)(C)c1ccnc(-c2cc(C(C)(C)C)ccn2)c1.CC(C)(C)c1ccnc(-c2cc(C(C)(C)C)ccn2)c1.O=COc1ccnc(-c2cc(C(=O)O)ccn2)c1.O=COc1ccnc(-c2cc(C(=O)[O-])ccn2)c1.[Ru+].[Ru+].c1ccc2[n-]c(-c3nc4ccccc4[n-]3)nc2c1. The molecule has 1 N–H and O–H groups in total. The van der Waals surface area contributed by atoms with Crippen LogP contribution in [0.3, 0.4) is 0 Å². The number of rotatable bonds is 11. The van der Waals surface area contributed by atoms with Crippen molar-refractivity contribution in [3.63, 3.8) is 0 Å². The zero-order valence-electron chi connectivity index (χ0n) is 55.0. The molecular weight excluding hydrogens is 1390 g/mol. The molecule has 0 aliphatic carbocycles. The molecule has 0 aliphatic heterocycles. The van der Waals surface area contributed by atoms with E-state index in [1.807, 2.05) is 73.3 Å². The summed E-state index contributed by atoms with van der Waals surface area (Å²) in [5.41, 5.74) is 14.6. The molecule has 0 fully saturated rings. The molecule has 0 aliphatic rings. The number of imidazole rings is 2. The third-order valence-corrected chi connectivity index (χ3v) is 14.3. The summed E-state index contributed by atoms with van der Waals surface area (Å²) in [6.45, 7) is 27.2. The predicted octanol–water partition coefficient (Wildman–Crippen LogP) is 13.3. The molecule has 0 saturated carbocycles. The van der Waals surface area contributed by atoms with Crippen LogP contribution in [0.2, 0.25) is 0 Å². The summed E-state index contributed by atoms with van der Waals surface area (Å²) in [6, 6.07) is 43.9. The van der Waals surface area contributed by atoms with Crippen molar-refractivity contribution in [2.24, 2.45) is 0 Å². The molecule has 0 spiro atoms. The van der Waals surface area contributed by atoms with Gasteiger partial charge in [-0.25, -0.2) is 4.79 Å². The van der Waals surface area contributed by atoms with Gasteiger partial charge in [-0.3, -0.25) is 49.5 Å². The van der Waals surface area contributed by atoms with Crippen molar-refractivity contribution in [3.8, 4) is 68.7 Å². The third-order valence-electron chi connectivity index (χ3n) is 14.3. The van der Waals surface area contributed by atoms with Crippen molar-refractivity contribution in [1.82, 2.24) is 59.8 Å². The first-order valence-corrected chi connectivity index (χ1v) is 29.8. The van der Waals surface area contributed by atoms with Crippen molar-refractivity contribution < 1.29 is 77.8 Å². The fraction of sp³-hybridized carbons (Fsp3) is 0.216. The van der Waals surface area contributed by atoms with E-state index >= 15 is 0 Å². The Kier molecular flexibility index (Phi) is 25.8. The van der Waals surface area contributed by atoms with Gasteiger partial charge in [0.05, 0.1) is 57.1 Å². The van der Waals surface area contributed by atoms with Crippen molar-refractivity contribution in [1.29, 1.82) is 0 Å². The van der Waals surface area contributed by atoms with Crippen LogP contribution in [0.15, 0.2) is 195 Å². The monoisotopic (exact) mass is 1460 g/mol. The zero-order chi connectivity index (χ0) is 67.8. The minimum absolute atomic E-state index is 0. The summed E-state index contributed by atoms with van der Waals surface area (Å²) in [5.74, 6) is -0.536. The number of para-hydroxylation sites is 4. The minimum Gasteiger partial charge on any atom is -0.545 e. The Morgan fingerprint density at radius 2 is 0.656 bits per heavy atom. The quantitative estimate of drug-likeness (QED) is 0.0929. The van der Waals surface area contributed by atoms with Gasteiger partial charge < -0.3 is 44.4 Å². The molecule has 0 amide bonds. The molecule has 2 aromatic carbocycles. The predicted molar refractivity (Wildman–Crippen MR) is 358 cm³/mol. The first-order chi connectivity index (χ1) is 44.7. The normalized spacial score (nSPS) is 11.0. The number of pyridine rings is 8. The van der Waals surface area contributed by atoms with E-state index in [0.717, 1.165) is 44.8 Å². The Bertz CT molecular complexity index is 4140. The number of fused-ring (bicyclic) bond motifs is 2. The molecule has 22 heteroatoms. The number of carboxylic acids is 2. The Labute approximate surface area is 582 Å². The third kappa shape index (κ3) is 20.9. The van der Waals surface area contributed by atoms with Crippen molar-refractivity contribution in [3.05, 3.63) is 229 Å². The molecule has 12 rings (SSSR count). The van der Waals surface area contributed by atoms with Crippen molar-refractivity contribution >= 4 is 46.9 Å². The number of carbonyl (C=O) groups is 4. The van der Waals surface area contributed by atoms with E-state index < -0.39 is 11.9 Å². The van der Waals surface area contributed by atoms with Crippen LogP contribution in [-0.2, 0) is 70.2 Å². The van der Waals surface area contributed by atoms with Crippen LogP contribution in [0.5, 0.6) is 11.5 Å². The van der Waals surface area contributed by atoms with Gasteiger partial charge in [-0.2, -0.15) is 0 Å². The molecule has 0 bridgehead atoms. The van der Waals surface area contributed by atoms with Crippen LogP contribution in [0.4, 0.5) is 0 Å². The summed E-state index contributed by atoms with van der Waals surface area (Å²) < 4.78 is 9.35. The van der Waals surface area contributed by atoms with E-state index in [1.54, 1.807) is 0 Å². The summed E-state index contributed by atoms with van der Waals surface area (Å²) in [5, 5.41) is 19.6. The van der Waals surface area contributed by atoms with Gasteiger partial charge in [0.2, 0.25) is 0 Å². The van der Waals surface area contributed by atoms with Gasteiger partial charge in [-0.15, -0.1) is 0 Å². The number of ether oxygens (including phenoxy) is 2. The first-order valence-electron chi connectivity index (χ1n) is 29.8. The van der Waals surface area contributed by atoms with Crippen LogP contribution in [-0.4, -0.2) is 79.8 Å². The molecule has 12 aromatic rings. The molecule has 0 unspecified atom stereocenters. The van der Waals surface area contributed by atoms with Crippen LogP contribution >= 0.6 is 0 Å².